The molecular weight excluding hydrogens is 437 g/mol. The molecule has 2 atom stereocenters. The molecule has 10 heteroatoms. The third-order valence-electron chi connectivity index (χ3n) is 6.87. The van der Waals surface area contributed by atoms with Crippen LogP contribution in [0, 0.1) is 17.3 Å². The number of hydrogen-bond acceptors (Lipinski definition) is 4. The number of alkyl halides is 2. The zero-order valence-electron chi connectivity index (χ0n) is 16.0. The van der Waals surface area contributed by atoms with Crippen LogP contribution < -0.4 is 10.1 Å². The van der Waals surface area contributed by atoms with Crippen LogP contribution in [0.3, 0.4) is 0 Å². The molecular formula is C20H20Cl2F2N4O2. The number of anilines is 1. The summed E-state index contributed by atoms with van der Waals surface area (Å²) in [6.45, 7) is -2.96. The molecule has 4 aliphatic carbocycles. The number of nitrogens with zero attached hydrogens (tertiary/aromatic N) is 3. The van der Waals surface area contributed by atoms with Crippen LogP contribution >= 0.6 is 23.2 Å². The number of benzene rings is 1. The molecule has 2 unspecified atom stereocenters. The lowest BCUT2D eigenvalue weighted by Crippen LogP contribution is -2.60. The van der Waals surface area contributed by atoms with Gasteiger partial charge in [-0.05, 0) is 80.2 Å². The SMILES string of the molecule is O=C(Nc1ccc(OC(F)F)c(Cl)c1)C12CC3CC(C1)CC(n1cnc(Cl)n1)(C3)C2. The van der Waals surface area contributed by atoms with Crippen molar-refractivity contribution < 1.29 is 18.3 Å². The first kappa shape index (κ1) is 20.0. The van der Waals surface area contributed by atoms with Crippen LogP contribution in [-0.2, 0) is 10.3 Å². The maximum Gasteiger partial charge on any atom is 0.387 e. The van der Waals surface area contributed by atoms with E-state index in [1.165, 1.54) is 18.2 Å². The number of halogens is 4. The van der Waals surface area contributed by atoms with E-state index in [4.69, 9.17) is 23.2 Å². The van der Waals surface area contributed by atoms with Gasteiger partial charge in [0.2, 0.25) is 11.2 Å². The van der Waals surface area contributed by atoms with Gasteiger partial charge in [-0.25, -0.2) is 9.67 Å². The molecule has 6 rings (SSSR count). The summed E-state index contributed by atoms with van der Waals surface area (Å²) in [6, 6.07) is 4.29. The standard InChI is InChI=1S/C20H20Cl2F2N4O2/c21-14-4-13(1-2-15(14)30-18(23)24)26-16(29)19-5-11-3-12(6-19)8-20(7-11,9-19)28-10-25-17(22)27-28/h1-2,4,10-12,18H,3,5-9H2,(H,26,29). The van der Waals surface area contributed by atoms with Crippen LogP contribution in [0.5, 0.6) is 5.75 Å². The molecule has 0 aliphatic heterocycles. The Morgan fingerprint density at radius 1 is 1.23 bits per heavy atom. The van der Waals surface area contributed by atoms with Gasteiger partial charge in [-0.15, -0.1) is 5.10 Å². The van der Waals surface area contributed by atoms with E-state index in [9.17, 15) is 13.6 Å². The van der Waals surface area contributed by atoms with Gasteiger partial charge < -0.3 is 10.1 Å². The molecule has 30 heavy (non-hydrogen) atoms. The number of carbonyl (C=O) groups excluding carboxylic acids is 1. The first-order chi connectivity index (χ1) is 14.3. The summed E-state index contributed by atoms with van der Waals surface area (Å²) in [5, 5.41) is 7.56. The van der Waals surface area contributed by atoms with Crippen molar-refractivity contribution >= 4 is 34.8 Å². The number of amides is 1. The number of carbonyl (C=O) groups is 1. The molecule has 4 aliphatic rings. The fraction of sp³-hybridized carbons (Fsp3) is 0.550. The third-order valence-corrected chi connectivity index (χ3v) is 7.34. The van der Waals surface area contributed by atoms with E-state index in [0.717, 1.165) is 32.1 Å². The Labute approximate surface area is 181 Å². The molecule has 4 fully saturated rings. The predicted octanol–water partition coefficient (Wildman–Crippen LogP) is 5.12. The van der Waals surface area contributed by atoms with Gasteiger partial charge in [0.1, 0.15) is 12.1 Å². The molecule has 0 spiro atoms. The van der Waals surface area contributed by atoms with E-state index >= 15 is 0 Å². The largest absolute Gasteiger partial charge is 0.433 e. The van der Waals surface area contributed by atoms with Gasteiger partial charge in [0.05, 0.1) is 16.0 Å². The Balaban J connectivity index is 1.40. The lowest BCUT2D eigenvalue weighted by molar-refractivity contribution is -0.150. The van der Waals surface area contributed by atoms with Gasteiger partial charge in [-0.2, -0.15) is 8.78 Å². The van der Waals surface area contributed by atoms with Crippen molar-refractivity contribution in [2.75, 3.05) is 5.32 Å². The lowest BCUT2D eigenvalue weighted by atomic mass is 9.46. The molecule has 0 saturated heterocycles. The number of hydrogen-bond donors (Lipinski definition) is 1. The molecule has 160 valence electrons. The van der Waals surface area contributed by atoms with Crippen LogP contribution in [0.2, 0.25) is 10.3 Å². The average Bonchev–Trinajstić information content (AvgIpc) is 3.10. The molecule has 4 saturated carbocycles. The summed E-state index contributed by atoms with van der Waals surface area (Å²) in [4.78, 5) is 17.5. The smallest absolute Gasteiger partial charge is 0.387 e. The van der Waals surface area contributed by atoms with Gasteiger partial charge in [-0.1, -0.05) is 11.6 Å². The van der Waals surface area contributed by atoms with Crippen molar-refractivity contribution in [1.82, 2.24) is 14.8 Å². The van der Waals surface area contributed by atoms with Crippen molar-refractivity contribution in [3.05, 3.63) is 34.8 Å². The van der Waals surface area contributed by atoms with Gasteiger partial charge >= 0.3 is 6.61 Å². The topological polar surface area (TPSA) is 69.0 Å². The predicted molar refractivity (Wildman–Crippen MR) is 107 cm³/mol. The van der Waals surface area contributed by atoms with Gasteiger partial charge in [0.25, 0.3) is 0 Å². The van der Waals surface area contributed by atoms with Crippen LogP contribution in [0.1, 0.15) is 38.5 Å². The maximum absolute atomic E-state index is 13.4. The van der Waals surface area contributed by atoms with Crippen molar-refractivity contribution in [2.45, 2.75) is 50.7 Å². The highest BCUT2D eigenvalue weighted by atomic mass is 35.5. The Bertz CT molecular complexity index is 985. The molecule has 1 aromatic carbocycles. The van der Waals surface area contributed by atoms with E-state index in [0.29, 0.717) is 23.9 Å². The van der Waals surface area contributed by atoms with Crippen LogP contribution in [0.25, 0.3) is 0 Å². The first-order valence-corrected chi connectivity index (χ1v) is 10.7. The van der Waals surface area contributed by atoms with Gasteiger partial charge in [0.15, 0.2) is 0 Å². The zero-order valence-corrected chi connectivity index (χ0v) is 17.5. The normalized spacial score (nSPS) is 31.9. The van der Waals surface area contributed by atoms with Gasteiger partial charge in [0, 0.05) is 5.69 Å². The monoisotopic (exact) mass is 456 g/mol. The summed E-state index contributed by atoms with van der Waals surface area (Å²) in [6.07, 6.45) is 7.10. The summed E-state index contributed by atoms with van der Waals surface area (Å²) in [5.41, 5.74) is -0.290. The minimum Gasteiger partial charge on any atom is -0.433 e. The first-order valence-electron chi connectivity index (χ1n) is 9.90. The molecule has 1 aromatic heterocycles. The highest BCUT2D eigenvalue weighted by Gasteiger charge is 2.61. The van der Waals surface area contributed by atoms with E-state index in [-0.39, 0.29) is 27.5 Å². The van der Waals surface area contributed by atoms with E-state index in [1.54, 1.807) is 6.33 Å². The fourth-order valence-corrected chi connectivity index (χ4v) is 6.60. The summed E-state index contributed by atoms with van der Waals surface area (Å²) >= 11 is 12.0. The summed E-state index contributed by atoms with van der Waals surface area (Å²) in [7, 11) is 0. The minimum absolute atomic E-state index is 0.0207. The van der Waals surface area contributed by atoms with Crippen LogP contribution in [0.15, 0.2) is 24.5 Å². The minimum atomic E-state index is -2.96. The molecule has 4 bridgehead atoms. The number of ether oxygens (including phenoxy) is 1. The molecule has 0 radical (unpaired) electrons. The lowest BCUT2D eigenvalue weighted by Gasteiger charge is -2.60. The Morgan fingerprint density at radius 2 is 1.97 bits per heavy atom. The van der Waals surface area contributed by atoms with Crippen LogP contribution in [0.4, 0.5) is 14.5 Å². The van der Waals surface area contributed by atoms with Crippen molar-refractivity contribution in [3.8, 4) is 5.75 Å². The second kappa shape index (κ2) is 7.05. The molecule has 1 amide bonds. The number of nitrogens with one attached hydrogen (secondary N) is 1. The van der Waals surface area contributed by atoms with E-state index < -0.39 is 12.0 Å². The second-order valence-corrected chi connectivity index (χ2v) is 9.65. The van der Waals surface area contributed by atoms with E-state index in [1.807, 2.05) is 4.68 Å². The highest BCUT2D eigenvalue weighted by molar-refractivity contribution is 6.32. The molecule has 6 nitrogen and oxygen atoms in total. The number of aromatic nitrogens is 3. The average molecular weight is 457 g/mol. The highest BCUT2D eigenvalue weighted by Crippen LogP contribution is 2.64. The summed E-state index contributed by atoms with van der Waals surface area (Å²) in [5.74, 6) is 0.711. The zero-order chi connectivity index (χ0) is 21.1. The molecule has 2 aromatic rings. The Hall–Kier alpha value is -1.93. The van der Waals surface area contributed by atoms with Gasteiger partial charge in [-0.3, -0.25) is 4.79 Å². The fourth-order valence-electron chi connectivity index (χ4n) is 6.25. The molecule has 1 N–H and O–H groups in total. The van der Waals surface area contributed by atoms with Crippen molar-refractivity contribution in [2.24, 2.45) is 17.3 Å². The van der Waals surface area contributed by atoms with Crippen molar-refractivity contribution in [3.63, 3.8) is 0 Å². The van der Waals surface area contributed by atoms with E-state index in [2.05, 4.69) is 20.1 Å². The van der Waals surface area contributed by atoms with Crippen molar-refractivity contribution in [1.29, 1.82) is 0 Å². The van der Waals surface area contributed by atoms with Crippen LogP contribution in [-0.4, -0.2) is 27.3 Å². The number of rotatable bonds is 5. The maximum atomic E-state index is 13.4. The Morgan fingerprint density at radius 3 is 2.57 bits per heavy atom. The summed E-state index contributed by atoms with van der Waals surface area (Å²) < 4.78 is 31.1. The molecule has 1 heterocycles. The third kappa shape index (κ3) is 3.34. The quantitative estimate of drug-likeness (QED) is 0.677. The Kier molecular flexibility index (Phi) is 4.70. The second-order valence-electron chi connectivity index (χ2n) is 8.90.